The molecule has 0 aliphatic rings. The lowest BCUT2D eigenvalue weighted by Gasteiger charge is -2.19. The van der Waals surface area contributed by atoms with Crippen molar-refractivity contribution in [3.05, 3.63) is 90.3 Å². The number of carbonyl (C=O) groups is 1. The highest BCUT2D eigenvalue weighted by Gasteiger charge is 2.19. The van der Waals surface area contributed by atoms with Crippen LogP contribution in [0.2, 0.25) is 0 Å². The van der Waals surface area contributed by atoms with E-state index >= 15 is 0 Å². The van der Waals surface area contributed by atoms with Crippen molar-refractivity contribution in [2.24, 2.45) is 5.10 Å². The van der Waals surface area contributed by atoms with Crippen LogP contribution in [0, 0.1) is 0 Å². The second kappa shape index (κ2) is 10.7. The Bertz CT molecular complexity index is 1310. The number of carbonyl (C=O) groups excluding carboxylic acids is 1. The highest BCUT2D eigenvalue weighted by molar-refractivity contribution is 7.99. The first-order valence-corrected chi connectivity index (χ1v) is 12.3. The average molecular weight is 485 g/mol. The number of thioether (sulfide) groups is 1. The van der Waals surface area contributed by atoms with E-state index in [0.717, 1.165) is 22.6 Å². The molecule has 8 heteroatoms. The molecular formula is C27H28N6OS. The summed E-state index contributed by atoms with van der Waals surface area (Å²) < 4.78 is 1.98. The van der Waals surface area contributed by atoms with Gasteiger partial charge < -0.3 is 0 Å². The van der Waals surface area contributed by atoms with E-state index in [4.69, 9.17) is 0 Å². The lowest BCUT2D eigenvalue weighted by Crippen LogP contribution is -2.21. The molecule has 0 aliphatic carbocycles. The number of amides is 1. The second-order valence-corrected chi connectivity index (χ2v) is 10.0. The molecule has 1 amide bonds. The molecule has 0 saturated heterocycles. The number of hydrazone groups is 1. The maximum Gasteiger partial charge on any atom is 0.250 e. The van der Waals surface area contributed by atoms with E-state index in [9.17, 15) is 4.79 Å². The number of hydrogen-bond donors (Lipinski definition) is 1. The van der Waals surface area contributed by atoms with Gasteiger partial charge in [-0.15, -0.1) is 10.2 Å². The average Bonchev–Trinajstić information content (AvgIpc) is 3.30. The Morgan fingerprint density at radius 3 is 2.40 bits per heavy atom. The normalized spacial score (nSPS) is 11.9. The van der Waals surface area contributed by atoms with E-state index in [1.807, 2.05) is 54.0 Å². The maximum atomic E-state index is 12.5. The van der Waals surface area contributed by atoms with Gasteiger partial charge in [-0.05, 0) is 36.1 Å². The highest BCUT2D eigenvalue weighted by atomic mass is 32.2. The van der Waals surface area contributed by atoms with Gasteiger partial charge >= 0.3 is 0 Å². The zero-order valence-corrected chi connectivity index (χ0v) is 21.1. The molecule has 2 aromatic heterocycles. The van der Waals surface area contributed by atoms with Gasteiger partial charge in [0.25, 0.3) is 5.91 Å². The van der Waals surface area contributed by atoms with Gasteiger partial charge in [-0.3, -0.25) is 14.3 Å². The number of nitrogens with one attached hydrogen (secondary N) is 1. The Morgan fingerprint density at radius 2 is 1.74 bits per heavy atom. The van der Waals surface area contributed by atoms with E-state index < -0.39 is 0 Å². The van der Waals surface area contributed by atoms with Gasteiger partial charge in [0.2, 0.25) is 0 Å². The fourth-order valence-electron chi connectivity index (χ4n) is 3.43. The summed E-state index contributed by atoms with van der Waals surface area (Å²) in [5.41, 5.74) is 7.36. The third-order valence-electron chi connectivity index (χ3n) is 5.42. The van der Waals surface area contributed by atoms with Crippen molar-refractivity contribution < 1.29 is 4.79 Å². The number of aromatic nitrogens is 4. The molecule has 0 atom stereocenters. The van der Waals surface area contributed by atoms with Gasteiger partial charge in [0.15, 0.2) is 11.0 Å². The van der Waals surface area contributed by atoms with Crippen molar-refractivity contribution in [2.75, 3.05) is 5.75 Å². The second-order valence-electron chi connectivity index (χ2n) is 9.07. The van der Waals surface area contributed by atoms with E-state index in [0.29, 0.717) is 10.9 Å². The molecule has 2 heterocycles. The van der Waals surface area contributed by atoms with Crippen LogP contribution in [0.3, 0.4) is 0 Å². The number of benzene rings is 2. The zero-order valence-electron chi connectivity index (χ0n) is 20.3. The Labute approximate surface area is 209 Å². The van der Waals surface area contributed by atoms with Crippen LogP contribution in [0.1, 0.15) is 38.8 Å². The largest absolute Gasteiger partial charge is 0.272 e. The Balaban J connectivity index is 1.54. The van der Waals surface area contributed by atoms with Crippen LogP contribution in [0.5, 0.6) is 0 Å². The summed E-state index contributed by atoms with van der Waals surface area (Å²) >= 11 is 1.32. The Morgan fingerprint density at radius 1 is 1.00 bits per heavy atom. The SMILES string of the molecule is C/C(=N\NC(=O)CSc1nnc(-c2ccc(C(C)(C)C)cc2)n1-c1ccccc1)c1cccnc1. The predicted octanol–water partition coefficient (Wildman–Crippen LogP) is 5.26. The van der Waals surface area contributed by atoms with Crippen LogP contribution < -0.4 is 5.43 Å². The smallest absolute Gasteiger partial charge is 0.250 e. The zero-order chi connectivity index (χ0) is 24.8. The fourth-order valence-corrected chi connectivity index (χ4v) is 4.17. The molecule has 4 rings (SSSR count). The van der Waals surface area contributed by atoms with Gasteiger partial charge in [0.05, 0.1) is 11.5 Å². The van der Waals surface area contributed by atoms with Gasteiger partial charge in [-0.25, -0.2) is 5.43 Å². The summed E-state index contributed by atoms with van der Waals surface area (Å²) in [6, 6.07) is 22.0. The molecule has 0 saturated carbocycles. The number of para-hydroxylation sites is 1. The standard InChI is InChI=1S/C27H28N6OS/c1-19(21-9-8-16-28-17-21)29-30-24(34)18-35-26-32-31-25(33(26)23-10-6-5-7-11-23)20-12-14-22(15-13-20)27(2,3)4/h5-17H,18H2,1-4H3,(H,30,34)/b29-19+. The maximum absolute atomic E-state index is 12.5. The minimum Gasteiger partial charge on any atom is -0.272 e. The van der Waals surface area contributed by atoms with Gasteiger partial charge in [-0.2, -0.15) is 5.10 Å². The number of pyridine rings is 1. The van der Waals surface area contributed by atoms with Crippen molar-refractivity contribution >= 4 is 23.4 Å². The van der Waals surface area contributed by atoms with Crippen LogP contribution in [-0.2, 0) is 10.2 Å². The van der Waals surface area contributed by atoms with E-state index in [-0.39, 0.29) is 17.1 Å². The molecular weight excluding hydrogens is 456 g/mol. The summed E-state index contributed by atoms with van der Waals surface area (Å²) in [5.74, 6) is 0.652. The third-order valence-corrected chi connectivity index (χ3v) is 6.35. The minimum atomic E-state index is -0.225. The molecule has 0 fully saturated rings. The summed E-state index contributed by atoms with van der Waals surface area (Å²) in [4.78, 5) is 16.6. The van der Waals surface area contributed by atoms with Gasteiger partial charge in [0, 0.05) is 29.2 Å². The van der Waals surface area contributed by atoms with Crippen LogP contribution in [0.15, 0.2) is 89.4 Å². The Hall–Kier alpha value is -3.78. The van der Waals surface area contributed by atoms with Crippen molar-refractivity contribution in [1.82, 2.24) is 25.2 Å². The van der Waals surface area contributed by atoms with Crippen LogP contribution in [0.4, 0.5) is 0 Å². The predicted molar refractivity (Wildman–Crippen MR) is 141 cm³/mol. The summed E-state index contributed by atoms with van der Waals surface area (Å²) in [7, 11) is 0. The van der Waals surface area contributed by atoms with Crippen LogP contribution in [0.25, 0.3) is 17.1 Å². The molecule has 0 radical (unpaired) electrons. The van der Waals surface area contributed by atoms with Crippen molar-refractivity contribution in [3.8, 4) is 17.1 Å². The highest BCUT2D eigenvalue weighted by Crippen LogP contribution is 2.30. The fraction of sp³-hybridized carbons (Fsp3) is 0.222. The molecule has 7 nitrogen and oxygen atoms in total. The minimum absolute atomic E-state index is 0.0673. The number of rotatable bonds is 7. The molecule has 35 heavy (non-hydrogen) atoms. The van der Waals surface area contributed by atoms with E-state index in [1.165, 1.54) is 17.3 Å². The van der Waals surface area contributed by atoms with Crippen molar-refractivity contribution in [1.29, 1.82) is 0 Å². The monoisotopic (exact) mass is 484 g/mol. The quantitative estimate of drug-likeness (QED) is 0.220. The van der Waals surface area contributed by atoms with Gasteiger partial charge in [-0.1, -0.05) is 81.1 Å². The topological polar surface area (TPSA) is 85.1 Å². The first-order valence-electron chi connectivity index (χ1n) is 11.3. The molecule has 0 unspecified atom stereocenters. The Kier molecular flexibility index (Phi) is 7.41. The summed E-state index contributed by atoms with van der Waals surface area (Å²) in [5, 5.41) is 13.7. The molecule has 0 bridgehead atoms. The number of hydrogen-bond acceptors (Lipinski definition) is 6. The molecule has 2 aromatic carbocycles. The number of nitrogens with zero attached hydrogens (tertiary/aromatic N) is 5. The van der Waals surface area contributed by atoms with Crippen LogP contribution >= 0.6 is 11.8 Å². The third kappa shape index (κ3) is 6.02. The first-order chi connectivity index (χ1) is 16.8. The lowest BCUT2D eigenvalue weighted by molar-refractivity contribution is -0.118. The van der Waals surface area contributed by atoms with Crippen molar-refractivity contribution in [2.45, 2.75) is 38.3 Å². The molecule has 0 aliphatic heterocycles. The summed E-state index contributed by atoms with van der Waals surface area (Å²) in [6.07, 6.45) is 3.40. The van der Waals surface area contributed by atoms with Crippen molar-refractivity contribution in [3.63, 3.8) is 0 Å². The van der Waals surface area contributed by atoms with E-state index in [2.05, 4.69) is 70.7 Å². The van der Waals surface area contributed by atoms with E-state index in [1.54, 1.807) is 12.4 Å². The molecule has 0 spiro atoms. The molecule has 178 valence electrons. The molecule has 4 aromatic rings. The van der Waals surface area contributed by atoms with Gasteiger partial charge in [0.1, 0.15) is 0 Å². The molecule has 1 N–H and O–H groups in total. The van der Waals surface area contributed by atoms with Crippen LogP contribution in [-0.4, -0.2) is 37.1 Å². The summed E-state index contributed by atoms with van der Waals surface area (Å²) in [6.45, 7) is 8.40. The first kappa shape index (κ1) is 24.3. The lowest BCUT2D eigenvalue weighted by atomic mass is 9.87.